The zero-order valence-corrected chi connectivity index (χ0v) is 13.2. The van der Waals surface area contributed by atoms with Gasteiger partial charge in [0, 0.05) is 20.3 Å². The number of aliphatic hydroxyl groups excluding tert-OH is 1. The van der Waals surface area contributed by atoms with Gasteiger partial charge in [0.25, 0.3) is 0 Å². The van der Waals surface area contributed by atoms with E-state index in [-0.39, 0.29) is 6.10 Å². The summed E-state index contributed by atoms with van der Waals surface area (Å²) in [6.07, 6.45) is 4.26. The highest BCUT2D eigenvalue weighted by molar-refractivity contribution is 4.61. The smallest absolute Gasteiger partial charge is 0.0897 e. The molecule has 0 saturated carbocycles. The largest absolute Gasteiger partial charge is 0.389 e. The Morgan fingerprint density at radius 3 is 2.47 bits per heavy atom. The topological polar surface area (TPSA) is 50.7 Å². The summed E-state index contributed by atoms with van der Waals surface area (Å²) < 4.78 is 10.6. The third-order valence-corrected chi connectivity index (χ3v) is 2.96. The molecule has 0 aliphatic rings. The van der Waals surface area contributed by atoms with E-state index in [1.54, 1.807) is 7.11 Å². The monoisotopic (exact) mass is 275 g/mol. The summed E-state index contributed by atoms with van der Waals surface area (Å²) in [6.45, 7) is 9.24. The Labute approximate surface area is 118 Å². The second-order valence-corrected chi connectivity index (χ2v) is 5.68. The zero-order chi connectivity index (χ0) is 14.5. The van der Waals surface area contributed by atoms with Gasteiger partial charge in [0.2, 0.25) is 0 Å². The average Bonchev–Trinajstić information content (AvgIpc) is 2.34. The van der Waals surface area contributed by atoms with Crippen molar-refractivity contribution >= 4 is 0 Å². The van der Waals surface area contributed by atoms with Crippen LogP contribution >= 0.6 is 0 Å². The first-order valence-corrected chi connectivity index (χ1v) is 7.55. The van der Waals surface area contributed by atoms with Crippen molar-refractivity contribution in [2.24, 2.45) is 5.92 Å². The van der Waals surface area contributed by atoms with Crippen molar-refractivity contribution in [1.29, 1.82) is 0 Å². The predicted molar refractivity (Wildman–Crippen MR) is 79.5 cm³/mol. The summed E-state index contributed by atoms with van der Waals surface area (Å²) in [5.41, 5.74) is 0. The maximum atomic E-state index is 9.77. The maximum absolute atomic E-state index is 9.77. The van der Waals surface area contributed by atoms with Crippen LogP contribution in [0, 0.1) is 5.92 Å². The Hall–Kier alpha value is -0.160. The molecule has 2 unspecified atom stereocenters. The molecule has 0 saturated heterocycles. The number of ether oxygens (including phenoxy) is 2. The average molecular weight is 275 g/mol. The molecule has 4 heteroatoms. The van der Waals surface area contributed by atoms with E-state index in [1.165, 1.54) is 6.42 Å². The van der Waals surface area contributed by atoms with Crippen LogP contribution in [0.3, 0.4) is 0 Å². The fraction of sp³-hybridized carbons (Fsp3) is 1.00. The Morgan fingerprint density at radius 1 is 1.11 bits per heavy atom. The van der Waals surface area contributed by atoms with Gasteiger partial charge in [-0.2, -0.15) is 0 Å². The van der Waals surface area contributed by atoms with Gasteiger partial charge in [0.1, 0.15) is 0 Å². The predicted octanol–water partition coefficient (Wildman–Crippen LogP) is 2.20. The zero-order valence-electron chi connectivity index (χ0n) is 13.2. The summed E-state index contributed by atoms with van der Waals surface area (Å²) in [5, 5.41) is 13.0. The van der Waals surface area contributed by atoms with E-state index in [2.05, 4.69) is 26.1 Å². The second-order valence-electron chi connectivity index (χ2n) is 5.68. The van der Waals surface area contributed by atoms with E-state index < -0.39 is 6.10 Å². The molecule has 2 atom stereocenters. The lowest BCUT2D eigenvalue weighted by atomic mass is 10.1. The fourth-order valence-electron chi connectivity index (χ4n) is 2.01. The molecule has 0 heterocycles. The van der Waals surface area contributed by atoms with Gasteiger partial charge < -0.3 is 19.9 Å². The number of rotatable bonds is 13. The van der Waals surface area contributed by atoms with Crippen LogP contribution in [0.5, 0.6) is 0 Å². The van der Waals surface area contributed by atoms with Crippen molar-refractivity contribution in [2.45, 2.75) is 58.7 Å². The molecule has 0 aliphatic heterocycles. The van der Waals surface area contributed by atoms with Crippen molar-refractivity contribution in [2.75, 3.05) is 33.4 Å². The first kappa shape index (κ1) is 18.8. The molecule has 2 N–H and O–H groups in total. The van der Waals surface area contributed by atoms with Crippen LogP contribution < -0.4 is 5.32 Å². The molecule has 0 radical (unpaired) electrons. The van der Waals surface area contributed by atoms with Crippen molar-refractivity contribution < 1.29 is 14.6 Å². The van der Waals surface area contributed by atoms with E-state index in [0.29, 0.717) is 19.1 Å². The minimum Gasteiger partial charge on any atom is -0.389 e. The lowest BCUT2D eigenvalue weighted by Gasteiger charge is -2.18. The molecule has 4 nitrogen and oxygen atoms in total. The SMILES string of the molecule is COCCCCCNCC(O)COC(C)CC(C)C. The van der Waals surface area contributed by atoms with Crippen molar-refractivity contribution in [3.63, 3.8) is 0 Å². The Morgan fingerprint density at radius 2 is 1.84 bits per heavy atom. The molecule has 0 aliphatic carbocycles. The Kier molecular flexibility index (Phi) is 12.7. The molecule has 0 fully saturated rings. The summed E-state index contributed by atoms with van der Waals surface area (Å²) in [7, 11) is 1.73. The van der Waals surface area contributed by atoms with Crippen LogP contribution in [0.25, 0.3) is 0 Å². The van der Waals surface area contributed by atoms with Crippen LogP contribution in [0.15, 0.2) is 0 Å². The Bertz CT molecular complexity index is 188. The van der Waals surface area contributed by atoms with Gasteiger partial charge in [0.15, 0.2) is 0 Å². The maximum Gasteiger partial charge on any atom is 0.0897 e. The number of nitrogens with one attached hydrogen (secondary N) is 1. The van der Waals surface area contributed by atoms with Gasteiger partial charge in [-0.05, 0) is 45.1 Å². The minimum absolute atomic E-state index is 0.226. The van der Waals surface area contributed by atoms with Crippen LogP contribution in [0.4, 0.5) is 0 Å². The normalized spacial score (nSPS) is 14.8. The molecule has 0 amide bonds. The standard InChI is InChI=1S/C15H33NO3/c1-13(2)10-14(3)19-12-15(17)11-16-8-6-5-7-9-18-4/h13-17H,5-12H2,1-4H3. The number of aliphatic hydroxyl groups is 1. The first-order chi connectivity index (χ1) is 9.06. The molecular weight excluding hydrogens is 242 g/mol. The van der Waals surface area contributed by atoms with Gasteiger partial charge in [-0.15, -0.1) is 0 Å². The second kappa shape index (κ2) is 12.9. The number of unbranched alkanes of at least 4 members (excludes halogenated alkanes) is 2. The third kappa shape index (κ3) is 14.1. The van der Waals surface area contributed by atoms with Gasteiger partial charge in [-0.1, -0.05) is 13.8 Å². The molecule has 0 spiro atoms. The van der Waals surface area contributed by atoms with Crippen LogP contribution in [-0.4, -0.2) is 50.7 Å². The third-order valence-electron chi connectivity index (χ3n) is 2.96. The van der Waals surface area contributed by atoms with Crippen molar-refractivity contribution in [3.05, 3.63) is 0 Å². The highest BCUT2D eigenvalue weighted by Crippen LogP contribution is 2.07. The highest BCUT2D eigenvalue weighted by atomic mass is 16.5. The Balaban J connectivity index is 3.32. The molecule has 0 aromatic rings. The lowest BCUT2D eigenvalue weighted by Crippen LogP contribution is -2.32. The lowest BCUT2D eigenvalue weighted by molar-refractivity contribution is -0.00844. The quantitative estimate of drug-likeness (QED) is 0.506. The van der Waals surface area contributed by atoms with Gasteiger partial charge in [-0.25, -0.2) is 0 Å². The number of methoxy groups -OCH3 is 1. The molecule has 19 heavy (non-hydrogen) atoms. The van der Waals surface area contributed by atoms with Crippen molar-refractivity contribution in [3.8, 4) is 0 Å². The van der Waals surface area contributed by atoms with E-state index in [9.17, 15) is 5.11 Å². The van der Waals surface area contributed by atoms with Crippen molar-refractivity contribution in [1.82, 2.24) is 5.32 Å². The minimum atomic E-state index is -0.409. The molecule has 0 aromatic heterocycles. The summed E-state index contributed by atoms with van der Waals surface area (Å²) in [4.78, 5) is 0. The molecule has 0 rings (SSSR count). The van der Waals surface area contributed by atoms with Gasteiger partial charge >= 0.3 is 0 Å². The summed E-state index contributed by atoms with van der Waals surface area (Å²) in [5.74, 6) is 0.636. The fourth-order valence-corrected chi connectivity index (χ4v) is 2.01. The van der Waals surface area contributed by atoms with E-state index in [1.807, 2.05) is 0 Å². The summed E-state index contributed by atoms with van der Waals surface area (Å²) in [6, 6.07) is 0. The number of hydrogen-bond donors (Lipinski definition) is 2. The van der Waals surface area contributed by atoms with E-state index >= 15 is 0 Å². The van der Waals surface area contributed by atoms with Crippen LogP contribution in [-0.2, 0) is 9.47 Å². The van der Waals surface area contributed by atoms with Crippen LogP contribution in [0.1, 0.15) is 46.5 Å². The molecular formula is C15H33NO3. The molecule has 0 bridgehead atoms. The van der Waals surface area contributed by atoms with Crippen LogP contribution in [0.2, 0.25) is 0 Å². The van der Waals surface area contributed by atoms with Gasteiger partial charge in [-0.3, -0.25) is 0 Å². The first-order valence-electron chi connectivity index (χ1n) is 7.55. The highest BCUT2D eigenvalue weighted by Gasteiger charge is 2.09. The molecule has 116 valence electrons. The van der Waals surface area contributed by atoms with E-state index in [4.69, 9.17) is 9.47 Å². The summed E-state index contributed by atoms with van der Waals surface area (Å²) >= 11 is 0. The van der Waals surface area contributed by atoms with Gasteiger partial charge in [0.05, 0.1) is 18.8 Å². The number of hydrogen-bond acceptors (Lipinski definition) is 4. The van der Waals surface area contributed by atoms with E-state index in [0.717, 1.165) is 32.4 Å². The molecule has 0 aromatic carbocycles.